The van der Waals surface area contributed by atoms with Crippen molar-refractivity contribution >= 4 is 50.6 Å². The van der Waals surface area contributed by atoms with Crippen LogP contribution in [0.25, 0.3) is 5.69 Å². The molecule has 1 amide bonds. The summed E-state index contributed by atoms with van der Waals surface area (Å²) in [5.41, 5.74) is 3.94. The highest BCUT2D eigenvalue weighted by molar-refractivity contribution is 14.1. The number of rotatable bonds is 4. The molecule has 2 aromatic heterocycles. The molecule has 5 nitrogen and oxygen atoms in total. The molecule has 0 unspecified atom stereocenters. The molecule has 0 atom stereocenters. The van der Waals surface area contributed by atoms with Crippen molar-refractivity contribution in [3.63, 3.8) is 0 Å². The molecule has 1 aromatic carbocycles. The standard InChI is InChI=1S/C16H11BrIN3O2/c17-14-9-13(23-15(14)18)10-19-20-16(22)11-4-3-5-12(8-11)21-6-1-2-7-21/h1-10H,(H,20,22)/b19-10+. The second-order valence-corrected chi connectivity index (χ2v) is 6.44. The number of halogens is 2. The van der Waals surface area contributed by atoms with E-state index in [1.165, 1.54) is 6.21 Å². The van der Waals surface area contributed by atoms with Crippen molar-refractivity contribution < 1.29 is 9.21 Å². The van der Waals surface area contributed by atoms with E-state index in [2.05, 4.69) is 49.0 Å². The Morgan fingerprint density at radius 1 is 1.26 bits per heavy atom. The van der Waals surface area contributed by atoms with Gasteiger partial charge in [-0.3, -0.25) is 4.79 Å². The summed E-state index contributed by atoms with van der Waals surface area (Å²) in [4.78, 5) is 12.2. The number of carbonyl (C=O) groups excluding carboxylic acids is 1. The van der Waals surface area contributed by atoms with Gasteiger partial charge in [0.05, 0.1) is 10.7 Å². The first kappa shape index (κ1) is 16.0. The van der Waals surface area contributed by atoms with Crippen molar-refractivity contribution in [2.24, 2.45) is 5.10 Å². The summed E-state index contributed by atoms with van der Waals surface area (Å²) in [6, 6.07) is 13.0. The van der Waals surface area contributed by atoms with Gasteiger partial charge >= 0.3 is 0 Å². The Balaban J connectivity index is 1.70. The molecular formula is C16H11BrIN3O2. The first-order chi connectivity index (χ1) is 11.1. The first-order valence-corrected chi connectivity index (χ1v) is 8.52. The van der Waals surface area contributed by atoms with Crippen molar-refractivity contribution in [3.8, 4) is 5.69 Å². The lowest BCUT2D eigenvalue weighted by Crippen LogP contribution is -2.17. The van der Waals surface area contributed by atoms with Crippen molar-refractivity contribution in [2.45, 2.75) is 0 Å². The van der Waals surface area contributed by atoms with Crippen LogP contribution in [-0.2, 0) is 0 Å². The third-order valence-corrected chi connectivity index (χ3v) is 5.16. The van der Waals surface area contributed by atoms with E-state index < -0.39 is 0 Å². The number of hydrogen-bond acceptors (Lipinski definition) is 3. The molecule has 0 aliphatic heterocycles. The van der Waals surface area contributed by atoms with Crippen LogP contribution in [0.4, 0.5) is 0 Å². The van der Waals surface area contributed by atoms with E-state index in [1.807, 2.05) is 41.2 Å². The fourth-order valence-electron chi connectivity index (χ4n) is 1.96. The highest BCUT2D eigenvalue weighted by atomic mass is 127. The van der Waals surface area contributed by atoms with Crippen LogP contribution in [0.1, 0.15) is 16.1 Å². The van der Waals surface area contributed by atoms with Gasteiger partial charge < -0.3 is 8.98 Å². The van der Waals surface area contributed by atoms with Gasteiger partial charge in [0.25, 0.3) is 5.91 Å². The van der Waals surface area contributed by atoms with E-state index in [1.54, 1.807) is 18.2 Å². The highest BCUT2D eigenvalue weighted by Crippen LogP contribution is 2.22. The van der Waals surface area contributed by atoms with Crippen LogP contribution in [0.5, 0.6) is 0 Å². The number of aromatic nitrogens is 1. The second-order valence-electron chi connectivity index (χ2n) is 4.61. The van der Waals surface area contributed by atoms with Crippen LogP contribution < -0.4 is 5.43 Å². The minimum Gasteiger partial charge on any atom is -0.448 e. The molecule has 3 aromatic rings. The van der Waals surface area contributed by atoms with E-state index in [9.17, 15) is 4.79 Å². The summed E-state index contributed by atoms with van der Waals surface area (Å²) >= 11 is 5.41. The van der Waals surface area contributed by atoms with Crippen LogP contribution >= 0.6 is 38.5 Å². The number of benzene rings is 1. The van der Waals surface area contributed by atoms with Crippen LogP contribution in [0.3, 0.4) is 0 Å². The molecule has 0 fully saturated rings. The molecule has 0 saturated heterocycles. The number of furan rings is 1. The molecule has 23 heavy (non-hydrogen) atoms. The zero-order chi connectivity index (χ0) is 16.2. The quantitative estimate of drug-likeness (QED) is 0.343. The Morgan fingerprint density at radius 2 is 2.04 bits per heavy atom. The summed E-state index contributed by atoms with van der Waals surface area (Å²) < 4.78 is 8.92. The van der Waals surface area contributed by atoms with E-state index in [4.69, 9.17) is 4.42 Å². The van der Waals surface area contributed by atoms with E-state index in [-0.39, 0.29) is 5.91 Å². The number of hydrogen-bond donors (Lipinski definition) is 1. The summed E-state index contributed by atoms with van der Waals surface area (Å²) in [6.07, 6.45) is 5.30. The van der Waals surface area contributed by atoms with Gasteiger partial charge in [-0.25, -0.2) is 5.43 Å². The average Bonchev–Trinajstić information content (AvgIpc) is 3.18. The Hall–Kier alpha value is -1.87. The summed E-state index contributed by atoms with van der Waals surface area (Å²) in [7, 11) is 0. The maximum absolute atomic E-state index is 12.2. The molecule has 0 bridgehead atoms. The molecule has 1 N–H and O–H groups in total. The minimum atomic E-state index is -0.282. The minimum absolute atomic E-state index is 0.282. The van der Waals surface area contributed by atoms with Gasteiger partial charge in [-0.15, -0.1) is 0 Å². The summed E-state index contributed by atoms with van der Waals surface area (Å²) in [6.45, 7) is 0. The first-order valence-electron chi connectivity index (χ1n) is 6.65. The Morgan fingerprint density at radius 3 is 2.74 bits per heavy atom. The molecule has 3 rings (SSSR count). The van der Waals surface area contributed by atoms with Gasteiger partial charge in [-0.1, -0.05) is 6.07 Å². The maximum atomic E-state index is 12.2. The highest BCUT2D eigenvalue weighted by Gasteiger charge is 2.07. The van der Waals surface area contributed by atoms with Crippen LogP contribution in [0, 0.1) is 3.77 Å². The summed E-state index contributed by atoms with van der Waals surface area (Å²) in [5.74, 6) is 0.276. The molecule has 0 aliphatic carbocycles. The number of amides is 1. The zero-order valence-corrected chi connectivity index (χ0v) is 15.5. The monoisotopic (exact) mass is 483 g/mol. The third-order valence-electron chi connectivity index (χ3n) is 3.03. The lowest BCUT2D eigenvalue weighted by Gasteiger charge is -2.05. The Kier molecular flexibility index (Phi) is 4.97. The van der Waals surface area contributed by atoms with Gasteiger partial charge in [-0.2, -0.15) is 5.10 Å². The fraction of sp³-hybridized carbons (Fsp3) is 0. The number of hydrazone groups is 1. The van der Waals surface area contributed by atoms with Crippen LogP contribution in [0.15, 0.2) is 68.8 Å². The maximum Gasteiger partial charge on any atom is 0.271 e. The largest absolute Gasteiger partial charge is 0.448 e. The number of nitrogens with one attached hydrogen (secondary N) is 1. The van der Waals surface area contributed by atoms with Crippen molar-refractivity contribution in [3.05, 3.63) is 74.4 Å². The van der Waals surface area contributed by atoms with E-state index in [0.717, 1.165) is 13.9 Å². The third kappa shape index (κ3) is 3.91. The smallest absolute Gasteiger partial charge is 0.271 e. The molecule has 0 aliphatic rings. The predicted octanol–water partition coefficient (Wildman–Crippen LogP) is 4.20. The van der Waals surface area contributed by atoms with Gasteiger partial charge in [0.1, 0.15) is 5.76 Å². The van der Waals surface area contributed by atoms with Crippen LogP contribution in [-0.4, -0.2) is 16.7 Å². The van der Waals surface area contributed by atoms with E-state index >= 15 is 0 Å². The Labute approximate surface area is 154 Å². The topological polar surface area (TPSA) is 59.5 Å². The van der Waals surface area contributed by atoms with Gasteiger partial charge in [0.15, 0.2) is 3.77 Å². The summed E-state index contributed by atoms with van der Waals surface area (Å²) in [5, 5.41) is 3.92. The molecule has 7 heteroatoms. The normalized spacial score (nSPS) is 11.0. The molecule has 2 heterocycles. The van der Waals surface area contributed by atoms with E-state index in [0.29, 0.717) is 11.3 Å². The molecule has 0 radical (unpaired) electrons. The molecule has 0 spiro atoms. The van der Waals surface area contributed by atoms with Crippen molar-refractivity contribution in [2.75, 3.05) is 0 Å². The lowest BCUT2D eigenvalue weighted by molar-refractivity contribution is 0.0955. The van der Waals surface area contributed by atoms with Crippen LogP contribution in [0.2, 0.25) is 0 Å². The van der Waals surface area contributed by atoms with Crippen molar-refractivity contribution in [1.82, 2.24) is 9.99 Å². The van der Waals surface area contributed by atoms with Gasteiger partial charge in [0, 0.05) is 52.3 Å². The van der Waals surface area contributed by atoms with Crippen molar-refractivity contribution in [1.29, 1.82) is 0 Å². The molecule has 116 valence electrons. The second kappa shape index (κ2) is 7.14. The Bertz CT molecular complexity index is 837. The lowest BCUT2D eigenvalue weighted by atomic mass is 10.2. The fourth-order valence-corrected chi connectivity index (χ4v) is 2.68. The molecular weight excluding hydrogens is 473 g/mol. The van der Waals surface area contributed by atoms with Gasteiger partial charge in [0.2, 0.25) is 0 Å². The van der Waals surface area contributed by atoms with Gasteiger partial charge in [-0.05, 0) is 46.3 Å². The average molecular weight is 484 g/mol. The SMILES string of the molecule is O=C(N/N=C/c1cc(Br)c(I)o1)c1cccc(-n2cccc2)c1. The predicted molar refractivity (Wildman–Crippen MR) is 100.0 cm³/mol. The zero-order valence-electron chi connectivity index (χ0n) is 11.7. The number of carbonyl (C=O) groups is 1. The number of nitrogens with zero attached hydrogens (tertiary/aromatic N) is 2. The molecule has 0 saturated carbocycles.